The number of hydrogen-bond acceptors (Lipinski definition) is 6. The number of fused-ring (bicyclic) bond motifs is 1. The molecule has 2 fully saturated rings. The Bertz CT molecular complexity index is 976. The second-order valence-electron chi connectivity index (χ2n) is 10.7. The lowest BCUT2D eigenvalue weighted by Crippen LogP contribution is -2.49. The molecule has 1 heterocycles. The van der Waals surface area contributed by atoms with Crippen LogP contribution in [0.25, 0.3) is 0 Å². The number of nitrogens with zero attached hydrogens (tertiary/aromatic N) is 3. The number of ether oxygens (including phenoxy) is 1. The van der Waals surface area contributed by atoms with Crippen LogP contribution in [-0.4, -0.2) is 94.9 Å². The first-order valence-corrected chi connectivity index (χ1v) is 14.8. The highest BCUT2D eigenvalue weighted by molar-refractivity contribution is 7.89. The van der Waals surface area contributed by atoms with Gasteiger partial charge >= 0.3 is 0 Å². The van der Waals surface area contributed by atoms with E-state index in [0.717, 1.165) is 51.4 Å². The van der Waals surface area contributed by atoms with Crippen LogP contribution in [0.5, 0.6) is 5.75 Å². The standard InChI is InChI=1S/C27H46N4O4S/c1-7-29(4)14-15-31-13-10-22-18-24(9-8-23(22)19-31)28-26(32)11-12-30(5)36(33,34)27-20(2)16-25(35-6)17-21(27)3/h16-17,22-24H,7-15,18-19H2,1-6H3,(H,28,32). The first-order valence-electron chi connectivity index (χ1n) is 13.4. The smallest absolute Gasteiger partial charge is 0.243 e. The summed E-state index contributed by atoms with van der Waals surface area (Å²) in [5.41, 5.74) is 1.28. The molecule has 2 aliphatic rings. The minimum atomic E-state index is -3.70. The monoisotopic (exact) mass is 522 g/mol. The number of piperidine rings is 1. The van der Waals surface area contributed by atoms with Gasteiger partial charge in [0.1, 0.15) is 5.75 Å². The molecule has 204 valence electrons. The number of benzene rings is 1. The molecule has 9 heteroatoms. The van der Waals surface area contributed by atoms with Gasteiger partial charge in [0.2, 0.25) is 15.9 Å². The minimum absolute atomic E-state index is 0.0660. The van der Waals surface area contributed by atoms with Crippen molar-refractivity contribution >= 4 is 15.9 Å². The molecule has 1 aliphatic carbocycles. The number of aryl methyl sites for hydroxylation is 2. The number of likely N-dealkylation sites (tertiary alicyclic amines) is 1. The van der Waals surface area contributed by atoms with Gasteiger partial charge < -0.3 is 19.9 Å². The molecule has 3 unspecified atom stereocenters. The van der Waals surface area contributed by atoms with Crippen molar-refractivity contribution in [1.29, 1.82) is 0 Å². The largest absolute Gasteiger partial charge is 0.497 e. The van der Waals surface area contributed by atoms with Crippen molar-refractivity contribution in [2.75, 3.05) is 60.5 Å². The molecule has 1 aliphatic heterocycles. The van der Waals surface area contributed by atoms with Crippen LogP contribution in [-0.2, 0) is 14.8 Å². The molecule has 1 amide bonds. The van der Waals surface area contributed by atoms with Crippen molar-refractivity contribution in [3.05, 3.63) is 23.3 Å². The molecule has 0 spiro atoms. The number of nitrogens with one attached hydrogen (secondary N) is 1. The van der Waals surface area contributed by atoms with Crippen molar-refractivity contribution in [3.63, 3.8) is 0 Å². The third kappa shape index (κ3) is 7.21. The van der Waals surface area contributed by atoms with Gasteiger partial charge in [0.25, 0.3) is 0 Å². The minimum Gasteiger partial charge on any atom is -0.497 e. The Morgan fingerprint density at radius 1 is 1.11 bits per heavy atom. The van der Waals surface area contributed by atoms with E-state index in [1.165, 1.54) is 17.3 Å². The SMILES string of the molecule is CCN(C)CCN1CCC2CC(NC(=O)CCN(C)S(=O)(=O)c3c(C)cc(OC)cc3C)CCC2C1. The third-order valence-corrected chi connectivity index (χ3v) is 10.3. The second-order valence-corrected chi connectivity index (χ2v) is 12.7. The summed E-state index contributed by atoms with van der Waals surface area (Å²) < 4.78 is 33.0. The van der Waals surface area contributed by atoms with E-state index in [1.807, 2.05) is 0 Å². The molecule has 3 rings (SSSR count). The number of rotatable bonds is 11. The van der Waals surface area contributed by atoms with Gasteiger partial charge in [-0.3, -0.25) is 4.79 Å². The summed E-state index contributed by atoms with van der Waals surface area (Å²) in [5.74, 6) is 1.97. The van der Waals surface area contributed by atoms with E-state index in [0.29, 0.717) is 22.8 Å². The van der Waals surface area contributed by atoms with E-state index >= 15 is 0 Å². The van der Waals surface area contributed by atoms with Gasteiger partial charge in [0, 0.05) is 45.7 Å². The summed E-state index contributed by atoms with van der Waals surface area (Å²) in [6.45, 7) is 11.6. The van der Waals surface area contributed by atoms with Crippen molar-refractivity contribution in [1.82, 2.24) is 19.4 Å². The maximum absolute atomic E-state index is 13.2. The Kier molecular flexibility index (Phi) is 10.2. The van der Waals surface area contributed by atoms with Crippen LogP contribution in [0.15, 0.2) is 17.0 Å². The summed E-state index contributed by atoms with van der Waals surface area (Å²) in [6, 6.07) is 3.65. The predicted octanol–water partition coefficient (Wildman–Crippen LogP) is 2.88. The maximum atomic E-state index is 13.2. The van der Waals surface area contributed by atoms with Crippen LogP contribution < -0.4 is 10.1 Å². The average Bonchev–Trinajstić information content (AvgIpc) is 2.84. The summed E-state index contributed by atoms with van der Waals surface area (Å²) in [7, 11) is 1.59. The maximum Gasteiger partial charge on any atom is 0.243 e. The number of methoxy groups -OCH3 is 1. The molecule has 0 radical (unpaired) electrons. The van der Waals surface area contributed by atoms with Gasteiger partial charge in [-0.15, -0.1) is 0 Å². The van der Waals surface area contributed by atoms with Crippen LogP contribution in [0.4, 0.5) is 0 Å². The van der Waals surface area contributed by atoms with Gasteiger partial charge in [-0.2, -0.15) is 0 Å². The highest BCUT2D eigenvalue weighted by Gasteiger charge is 2.35. The Balaban J connectivity index is 1.46. The van der Waals surface area contributed by atoms with Gasteiger partial charge in [-0.1, -0.05) is 6.92 Å². The Morgan fingerprint density at radius 2 is 1.81 bits per heavy atom. The number of hydrogen-bond donors (Lipinski definition) is 1. The van der Waals surface area contributed by atoms with Crippen LogP contribution in [0.2, 0.25) is 0 Å². The highest BCUT2D eigenvalue weighted by atomic mass is 32.2. The van der Waals surface area contributed by atoms with E-state index in [9.17, 15) is 13.2 Å². The molecule has 1 aromatic rings. The molecular formula is C27H46N4O4S. The zero-order valence-electron chi connectivity index (χ0n) is 23.0. The van der Waals surface area contributed by atoms with E-state index in [4.69, 9.17) is 4.74 Å². The molecule has 1 N–H and O–H groups in total. The van der Waals surface area contributed by atoms with Gasteiger partial charge in [-0.05, 0) is 94.8 Å². The summed E-state index contributed by atoms with van der Waals surface area (Å²) in [5, 5.41) is 3.20. The highest BCUT2D eigenvalue weighted by Crippen LogP contribution is 2.36. The van der Waals surface area contributed by atoms with Gasteiger partial charge in [0.05, 0.1) is 12.0 Å². The molecule has 3 atom stereocenters. The van der Waals surface area contributed by atoms with E-state index < -0.39 is 10.0 Å². The Hall–Kier alpha value is -1.68. The van der Waals surface area contributed by atoms with Gasteiger partial charge in [0.15, 0.2) is 0 Å². The summed E-state index contributed by atoms with van der Waals surface area (Å²) in [6.07, 6.45) is 4.56. The quantitative estimate of drug-likeness (QED) is 0.481. The fraction of sp³-hybridized carbons (Fsp3) is 0.741. The fourth-order valence-electron chi connectivity index (χ4n) is 5.77. The number of sulfonamides is 1. The van der Waals surface area contributed by atoms with Crippen molar-refractivity contribution in [2.45, 2.75) is 63.8 Å². The predicted molar refractivity (Wildman–Crippen MR) is 144 cm³/mol. The van der Waals surface area contributed by atoms with E-state index in [1.54, 1.807) is 40.1 Å². The molecule has 36 heavy (non-hydrogen) atoms. The lowest BCUT2D eigenvalue weighted by atomic mass is 9.73. The van der Waals surface area contributed by atoms with Crippen LogP contribution >= 0.6 is 0 Å². The fourth-order valence-corrected chi connectivity index (χ4v) is 7.34. The normalized spacial score (nSPS) is 23.1. The number of likely N-dealkylation sites (N-methyl/N-ethyl adjacent to an activating group) is 1. The summed E-state index contributed by atoms with van der Waals surface area (Å²) >= 11 is 0. The van der Waals surface area contributed by atoms with Gasteiger partial charge in [-0.25, -0.2) is 12.7 Å². The topological polar surface area (TPSA) is 82.2 Å². The molecule has 8 nitrogen and oxygen atoms in total. The van der Waals surface area contributed by atoms with Crippen molar-refractivity contribution in [3.8, 4) is 5.75 Å². The Morgan fingerprint density at radius 3 is 2.44 bits per heavy atom. The van der Waals surface area contributed by atoms with Crippen LogP contribution in [0.1, 0.15) is 50.2 Å². The first kappa shape index (κ1) is 28.9. The van der Waals surface area contributed by atoms with E-state index in [-0.39, 0.29) is 29.8 Å². The lowest BCUT2D eigenvalue weighted by Gasteiger charge is -2.44. The second kappa shape index (κ2) is 12.7. The average molecular weight is 523 g/mol. The molecule has 0 aromatic heterocycles. The van der Waals surface area contributed by atoms with E-state index in [2.05, 4.69) is 29.1 Å². The molecule has 1 aromatic carbocycles. The molecule has 1 saturated heterocycles. The van der Waals surface area contributed by atoms with Crippen LogP contribution in [0, 0.1) is 25.7 Å². The molecule has 1 saturated carbocycles. The number of amides is 1. The zero-order chi connectivity index (χ0) is 26.5. The number of carbonyl (C=O) groups excluding carboxylic acids is 1. The molecular weight excluding hydrogens is 476 g/mol. The summed E-state index contributed by atoms with van der Waals surface area (Å²) in [4.78, 5) is 18.0. The first-order chi connectivity index (χ1) is 17.0. The lowest BCUT2D eigenvalue weighted by molar-refractivity contribution is -0.122. The number of carbonyl (C=O) groups is 1. The molecule has 0 bridgehead atoms. The van der Waals surface area contributed by atoms with Crippen molar-refractivity contribution in [2.24, 2.45) is 11.8 Å². The Labute approximate surface area is 218 Å². The zero-order valence-corrected chi connectivity index (χ0v) is 23.9. The third-order valence-electron chi connectivity index (χ3n) is 8.14. The van der Waals surface area contributed by atoms with Crippen LogP contribution in [0.3, 0.4) is 0 Å². The van der Waals surface area contributed by atoms with Crippen molar-refractivity contribution < 1.29 is 17.9 Å².